The minimum atomic E-state index is 0.136. The van der Waals surface area contributed by atoms with Crippen molar-refractivity contribution < 1.29 is 0 Å². The Morgan fingerprint density at radius 1 is 1.21 bits per heavy atom. The number of hydrogen-bond donors (Lipinski definition) is 1. The highest BCUT2D eigenvalue weighted by Gasteiger charge is 2.17. The van der Waals surface area contributed by atoms with Crippen molar-refractivity contribution in [1.29, 1.82) is 0 Å². The number of benzene rings is 1. The van der Waals surface area contributed by atoms with Crippen molar-refractivity contribution in [2.24, 2.45) is 0 Å². The Kier molecular flexibility index (Phi) is 4.76. The normalized spacial score (nSPS) is 11.8. The first-order valence-electron chi connectivity index (χ1n) is 6.36. The lowest BCUT2D eigenvalue weighted by molar-refractivity contribution is 0.568. The van der Waals surface area contributed by atoms with Crippen LogP contribution in [-0.4, -0.2) is 4.98 Å². The molecule has 0 saturated carbocycles. The molecule has 2 rings (SSSR count). The summed E-state index contributed by atoms with van der Waals surface area (Å²) in [5.41, 5.74) is 2.59. The van der Waals surface area contributed by atoms with E-state index in [1.165, 1.54) is 11.3 Å². The van der Waals surface area contributed by atoms with Crippen molar-refractivity contribution in [1.82, 2.24) is 10.3 Å². The highest BCUT2D eigenvalue weighted by atomic mass is 79.9. The van der Waals surface area contributed by atoms with Crippen LogP contribution in [0.3, 0.4) is 0 Å². The Morgan fingerprint density at radius 2 is 1.95 bits per heavy atom. The monoisotopic (exact) mass is 338 g/mol. The van der Waals surface area contributed by atoms with Crippen LogP contribution in [0.1, 0.15) is 37.0 Å². The zero-order valence-corrected chi connectivity index (χ0v) is 13.9. The van der Waals surface area contributed by atoms with E-state index >= 15 is 0 Å². The van der Waals surface area contributed by atoms with Gasteiger partial charge >= 0.3 is 0 Å². The van der Waals surface area contributed by atoms with Gasteiger partial charge in [-0.15, -0.1) is 11.3 Å². The van der Waals surface area contributed by atoms with Gasteiger partial charge in [0.05, 0.1) is 5.69 Å². The molecule has 0 atom stereocenters. The number of nitrogens with one attached hydrogen (secondary N) is 1. The van der Waals surface area contributed by atoms with E-state index in [4.69, 9.17) is 0 Å². The molecule has 0 unspecified atom stereocenters. The smallest absolute Gasteiger partial charge is 0.107 e. The molecule has 2 aromatic rings. The van der Waals surface area contributed by atoms with Gasteiger partial charge in [-0.05, 0) is 11.6 Å². The Morgan fingerprint density at radius 3 is 2.58 bits per heavy atom. The highest BCUT2D eigenvalue weighted by Crippen LogP contribution is 2.24. The van der Waals surface area contributed by atoms with Gasteiger partial charge in [-0.25, -0.2) is 4.98 Å². The summed E-state index contributed by atoms with van der Waals surface area (Å²) in [4.78, 5) is 4.68. The standard InChI is InChI=1S/C15H19BrN2S/c1-15(2,3)13-10-19-14(18-13)9-17-8-11-6-4-5-7-12(11)16/h4-7,10,17H,8-9H2,1-3H3. The van der Waals surface area contributed by atoms with Gasteiger partial charge in [0, 0.05) is 28.4 Å². The van der Waals surface area contributed by atoms with E-state index in [1.807, 2.05) is 6.07 Å². The van der Waals surface area contributed by atoms with Crippen LogP contribution in [0.4, 0.5) is 0 Å². The Hall–Kier alpha value is -0.710. The molecule has 0 radical (unpaired) electrons. The van der Waals surface area contributed by atoms with E-state index in [0.29, 0.717) is 0 Å². The summed E-state index contributed by atoms with van der Waals surface area (Å²) in [6.07, 6.45) is 0. The third-order valence-electron chi connectivity index (χ3n) is 2.87. The minimum absolute atomic E-state index is 0.136. The fourth-order valence-electron chi connectivity index (χ4n) is 1.68. The van der Waals surface area contributed by atoms with Gasteiger partial charge in [-0.3, -0.25) is 0 Å². The van der Waals surface area contributed by atoms with E-state index in [2.05, 4.69) is 70.6 Å². The molecule has 0 aliphatic rings. The molecule has 1 heterocycles. The fraction of sp³-hybridized carbons (Fsp3) is 0.400. The van der Waals surface area contributed by atoms with E-state index < -0.39 is 0 Å². The number of halogens is 1. The van der Waals surface area contributed by atoms with Gasteiger partial charge in [0.15, 0.2) is 0 Å². The maximum absolute atomic E-state index is 4.68. The van der Waals surface area contributed by atoms with Gasteiger partial charge in [0.2, 0.25) is 0 Å². The second-order valence-corrected chi connectivity index (χ2v) is 7.37. The van der Waals surface area contributed by atoms with Crippen molar-refractivity contribution in [3.05, 3.63) is 50.4 Å². The molecule has 102 valence electrons. The van der Waals surface area contributed by atoms with Gasteiger partial charge in [-0.1, -0.05) is 54.9 Å². The van der Waals surface area contributed by atoms with Crippen LogP contribution in [0.15, 0.2) is 34.1 Å². The minimum Gasteiger partial charge on any atom is -0.306 e. The third-order valence-corrected chi connectivity index (χ3v) is 4.49. The summed E-state index contributed by atoms with van der Waals surface area (Å²) in [5.74, 6) is 0. The quantitative estimate of drug-likeness (QED) is 0.888. The van der Waals surface area contributed by atoms with E-state index in [9.17, 15) is 0 Å². The second-order valence-electron chi connectivity index (χ2n) is 5.57. The van der Waals surface area contributed by atoms with Crippen LogP contribution in [-0.2, 0) is 18.5 Å². The predicted octanol–water partition coefficient (Wildman–Crippen LogP) is 4.49. The van der Waals surface area contributed by atoms with Crippen LogP contribution in [0, 0.1) is 0 Å². The Bertz CT molecular complexity index is 543. The summed E-state index contributed by atoms with van der Waals surface area (Å²) in [6, 6.07) is 8.28. The van der Waals surface area contributed by atoms with E-state index in [1.54, 1.807) is 11.3 Å². The van der Waals surface area contributed by atoms with Gasteiger partial charge in [-0.2, -0.15) is 0 Å². The maximum Gasteiger partial charge on any atom is 0.107 e. The predicted molar refractivity (Wildman–Crippen MR) is 85.5 cm³/mol. The van der Waals surface area contributed by atoms with Gasteiger partial charge in [0.25, 0.3) is 0 Å². The molecule has 0 aliphatic carbocycles. The number of hydrogen-bond acceptors (Lipinski definition) is 3. The lowest BCUT2D eigenvalue weighted by Gasteiger charge is -2.14. The Labute approximate surface area is 127 Å². The van der Waals surface area contributed by atoms with Crippen molar-refractivity contribution in [2.45, 2.75) is 39.3 Å². The fourth-order valence-corrected chi connectivity index (χ4v) is 3.10. The summed E-state index contributed by atoms with van der Waals surface area (Å²) in [5, 5.41) is 6.75. The molecule has 0 bridgehead atoms. The third kappa shape index (κ3) is 4.13. The first-order chi connectivity index (χ1) is 8.97. The van der Waals surface area contributed by atoms with Crippen LogP contribution in [0.25, 0.3) is 0 Å². The summed E-state index contributed by atoms with van der Waals surface area (Å²) < 4.78 is 1.15. The van der Waals surface area contributed by atoms with Crippen LogP contribution in [0.5, 0.6) is 0 Å². The molecule has 4 heteroatoms. The molecule has 1 aromatic heterocycles. The van der Waals surface area contributed by atoms with Gasteiger partial charge < -0.3 is 5.32 Å². The molecule has 1 N–H and O–H groups in total. The van der Waals surface area contributed by atoms with Crippen LogP contribution >= 0.6 is 27.3 Å². The average Bonchev–Trinajstić information content (AvgIpc) is 2.80. The molecule has 1 aromatic carbocycles. The van der Waals surface area contributed by atoms with E-state index in [-0.39, 0.29) is 5.41 Å². The van der Waals surface area contributed by atoms with Crippen molar-refractivity contribution in [3.63, 3.8) is 0 Å². The molecule has 0 aliphatic heterocycles. The van der Waals surface area contributed by atoms with Gasteiger partial charge in [0.1, 0.15) is 5.01 Å². The lowest BCUT2D eigenvalue weighted by atomic mass is 9.93. The molecule has 0 spiro atoms. The molecule has 0 saturated heterocycles. The lowest BCUT2D eigenvalue weighted by Crippen LogP contribution is -2.14. The summed E-state index contributed by atoms with van der Waals surface area (Å²) in [6.45, 7) is 8.26. The maximum atomic E-state index is 4.68. The first-order valence-corrected chi connectivity index (χ1v) is 8.03. The number of rotatable bonds is 4. The summed E-state index contributed by atoms with van der Waals surface area (Å²) >= 11 is 5.29. The first kappa shape index (κ1) is 14.7. The molecule has 0 amide bonds. The molecule has 0 fully saturated rings. The topological polar surface area (TPSA) is 24.9 Å². The zero-order valence-electron chi connectivity index (χ0n) is 11.5. The number of aromatic nitrogens is 1. The average molecular weight is 339 g/mol. The highest BCUT2D eigenvalue weighted by molar-refractivity contribution is 9.10. The zero-order chi connectivity index (χ0) is 13.9. The van der Waals surface area contributed by atoms with Crippen molar-refractivity contribution >= 4 is 27.3 Å². The molecule has 19 heavy (non-hydrogen) atoms. The van der Waals surface area contributed by atoms with Crippen molar-refractivity contribution in [2.75, 3.05) is 0 Å². The number of thiazole rings is 1. The molecule has 2 nitrogen and oxygen atoms in total. The molecular weight excluding hydrogens is 320 g/mol. The van der Waals surface area contributed by atoms with Crippen LogP contribution < -0.4 is 5.32 Å². The number of nitrogens with zero attached hydrogens (tertiary/aromatic N) is 1. The summed E-state index contributed by atoms with van der Waals surface area (Å²) in [7, 11) is 0. The second kappa shape index (κ2) is 6.16. The Balaban J connectivity index is 1.90. The van der Waals surface area contributed by atoms with Crippen molar-refractivity contribution in [3.8, 4) is 0 Å². The van der Waals surface area contributed by atoms with Crippen LogP contribution in [0.2, 0.25) is 0 Å². The SMILES string of the molecule is CC(C)(C)c1csc(CNCc2ccccc2Br)n1. The largest absolute Gasteiger partial charge is 0.306 e. The molecular formula is C15H19BrN2S. The van der Waals surface area contributed by atoms with E-state index in [0.717, 1.165) is 22.6 Å².